The number of benzene rings is 1. The van der Waals surface area contributed by atoms with Gasteiger partial charge >= 0.3 is 0 Å². The Morgan fingerprint density at radius 2 is 1.88 bits per heavy atom. The lowest BCUT2D eigenvalue weighted by Gasteiger charge is -2.10. The molecule has 0 unspecified atom stereocenters. The molecule has 0 saturated carbocycles. The Bertz CT molecular complexity index is 904. The van der Waals surface area contributed by atoms with Crippen molar-refractivity contribution < 1.29 is 9.13 Å². The maximum absolute atomic E-state index is 13.1. The monoisotopic (exact) mass is 324 g/mol. The van der Waals surface area contributed by atoms with E-state index >= 15 is 0 Å². The number of fused-ring (bicyclic) bond motifs is 1. The van der Waals surface area contributed by atoms with E-state index in [2.05, 4.69) is 43.3 Å². The second-order valence-corrected chi connectivity index (χ2v) is 6.17. The van der Waals surface area contributed by atoms with Gasteiger partial charge in [-0.2, -0.15) is 0 Å². The first-order valence-electron chi connectivity index (χ1n) is 7.98. The van der Waals surface area contributed by atoms with E-state index < -0.39 is 0 Å². The number of aromatic nitrogens is 2. The SMILES string of the molecule is CC(C)=CCn1c(C)c(C)c2ccnc(Oc3ccc(F)cc3)c21. The first-order chi connectivity index (χ1) is 11.5. The van der Waals surface area contributed by atoms with Crippen molar-refractivity contribution in [3.8, 4) is 11.6 Å². The Balaban J connectivity index is 2.12. The molecule has 1 aromatic carbocycles. The molecule has 0 saturated heterocycles. The van der Waals surface area contributed by atoms with Gasteiger partial charge in [0, 0.05) is 23.8 Å². The fourth-order valence-corrected chi connectivity index (χ4v) is 2.75. The lowest BCUT2D eigenvalue weighted by molar-refractivity contribution is 0.464. The normalized spacial score (nSPS) is 10.9. The highest BCUT2D eigenvalue weighted by atomic mass is 19.1. The summed E-state index contributed by atoms with van der Waals surface area (Å²) in [5.41, 5.74) is 4.64. The van der Waals surface area contributed by atoms with Crippen molar-refractivity contribution in [3.05, 3.63) is 65.3 Å². The average Bonchev–Trinajstić information content (AvgIpc) is 2.80. The topological polar surface area (TPSA) is 27.1 Å². The van der Waals surface area contributed by atoms with Crippen molar-refractivity contribution in [2.24, 2.45) is 0 Å². The molecule has 0 fully saturated rings. The minimum atomic E-state index is -0.285. The molecule has 0 aliphatic heterocycles. The molecular formula is C20H21FN2O. The number of nitrogens with zero attached hydrogens (tertiary/aromatic N) is 2. The van der Waals surface area contributed by atoms with Crippen LogP contribution in [-0.4, -0.2) is 9.55 Å². The zero-order valence-corrected chi connectivity index (χ0v) is 14.4. The van der Waals surface area contributed by atoms with Crippen LogP contribution in [0.4, 0.5) is 4.39 Å². The van der Waals surface area contributed by atoms with E-state index in [4.69, 9.17) is 4.74 Å². The van der Waals surface area contributed by atoms with Crippen molar-refractivity contribution in [2.75, 3.05) is 0 Å². The van der Waals surface area contributed by atoms with Gasteiger partial charge in [-0.05, 0) is 63.6 Å². The van der Waals surface area contributed by atoms with Crippen LogP contribution in [0.15, 0.2) is 48.2 Å². The third-order valence-electron chi connectivity index (χ3n) is 4.22. The second kappa shape index (κ2) is 6.48. The lowest BCUT2D eigenvalue weighted by Crippen LogP contribution is -2.00. The summed E-state index contributed by atoms with van der Waals surface area (Å²) < 4.78 is 21.2. The molecule has 0 amide bonds. The van der Waals surface area contributed by atoms with Gasteiger partial charge in [0.25, 0.3) is 0 Å². The number of rotatable bonds is 4. The summed E-state index contributed by atoms with van der Waals surface area (Å²) in [6.45, 7) is 9.16. The molecule has 24 heavy (non-hydrogen) atoms. The Kier molecular flexibility index (Phi) is 4.38. The number of pyridine rings is 1. The number of halogens is 1. The Labute approximate surface area is 141 Å². The van der Waals surface area contributed by atoms with Crippen molar-refractivity contribution in [1.82, 2.24) is 9.55 Å². The highest BCUT2D eigenvalue weighted by molar-refractivity contribution is 5.89. The van der Waals surface area contributed by atoms with Crippen LogP contribution in [0.1, 0.15) is 25.1 Å². The molecule has 3 nitrogen and oxygen atoms in total. The van der Waals surface area contributed by atoms with E-state index in [1.807, 2.05) is 6.07 Å². The second-order valence-electron chi connectivity index (χ2n) is 6.17. The van der Waals surface area contributed by atoms with Crippen molar-refractivity contribution in [2.45, 2.75) is 34.2 Å². The van der Waals surface area contributed by atoms with E-state index in [0.29, 0.717) is 11.6 Å². The number of ether oxygens (including phenoxy) is 1. The van der Waals surface area contributed by atoms with Gasteiger partial charge < -0.3 is 9.30 Å². The maximum atomic E-state index is 13.1. The van der Waals surface area contributed by atoms with Crippen LogP contribution in [0.2, 0.25) is 0 Å². The van der Waals surface area contributed by atoms with Crippen LogP contribution in [0.25, 0.3) is 10.9 Å². The number of hydrogen-bond donors (Lipinski definition) is 0. The molecule has 0 radical (unpaired) electrons. The summed E-state index contributed by atoms with van der Waals surface area (Å²) in [6, 6.07) is 7.99. The zero-order valence-electron chi connectivity index (χ0n) is 14.4. The summed E-state index contributed by atoms with van der Waals surface area (Å²) in [4.78, 5) is 4.41. The average molecular weight is 324 g/mol. The summed E-state index contributed by atoms with van der Waals surface area (Å²) in [5, 5.41) is 1.13. The zero-order chi connectivity index (χ0) is 17.3. The van der Waals surface area contributed by atoms with E-state index in [1.165, 1.54) is 29.0 Å². The van der Waals surface area contributed by atoms with Crippen LogP contribution < -0.4 is 4.74 Å². The molecule has 124 valence electrons. The van der Waals surface area contributed by atoms with E-state index in [9.17, 15) is 4.39 Å². The van der Waals surface area contributed by atoms with Crippen molar-refractivity contribution in [3.63, 3.8) is 0 Å². The maximum Gasteiger partial charge on any atom is 0.244 e. The number of hydrogen-bond acceptors (Lipinski definition) is 2. The molecular weight excluding hydrogens is 303 g/mol. The molecule has 2 heterocycles. The first kappa shape index (κ1) is 16.2. The Morgan fingerprint density at radius 1 is 1.17 bits per heavy atom. The molecule has 0 aliphatic rings. The van der Waals surface area contributed by atoms with Gasteiger partial charge in [0.1, 0.15) is 17.1 Å². The van der Waals surface area contributed by atoms with Crippen LogP contribution in [-0.2, 0) is 6.54 Å². The molecule has 4 heteroatoms. The molecule has 0 N–H and O–H groups in total. The summed E-state index contributed by atoms with van der Waals surface area (Å²) in [5.74, 6) is 0.825. The molecule has 3 aromatic rings. The fraction of sp³-hybridized carbons (Fsp3) is 0.250. The Morgan fingerprint density at radius 3 is 2.54 bits per heavy atom. The molecule has 2 aromatic heterocycles. The van der Waals surface area contributed by atoms with Crippen LogP contribution in [0.3, 0.4) is 0 Å². The van der Waals surface area contributed by atoms with Gasteiger partial charge in [0.2, 0.25) is 5.88 Å². The first-order valence-corrected chi connectivity index (χ1v) is 7.98. The predicted molar refractivity (Wildman–Crippen MR) is 95.1 cm³/mol. The standard InChI is InChI=1S/C20H21FN2O/c1-13(2)10-12-23-15(4)14(3)18-9-11-22-20(19(18)23)24-17-7-5-16(21)6-8-17/h5-11H,12H2,1-4H3. The predicted octanol–water partition coefficient (Wildman–Crippen LogP) is 5.55. The minimum absolute atomic E-state index is 0.285. The summed E-state index contributed by atoms with van der Waals surface area (Å²) >= 11 is 0. The van der Waals surface area contributed by atoms with Gasteiger partial charge in [-0.1, -0.05) is 11.6 Å². The smallest absolute Gasteiger partial charge is 0.244 e. The molecule has 0 spiro atoms. The van der Waals surface area contributed by atoms with E-state index in [-0.39, 0.29) is 5.82 Å². The van der Waals surface area contributed by atoms with E-state index in [1.54, 1.807) is 18.3 Å². The third-order valence-corrected chi connectivity index (χ3v) is 4.22. The van der Waals surface area contributed by atoms with Gasteiger partial charge in [-0.15, -0.1) is 0 Å². The van der Waals surface area contributed by atoms with Crippen molar-refractivity contribution >= 4 is 10.9 Å². The minimum Gasteiger partial charge on any atom is -0.437 e. The molecule has 0 aliphatic carbocycles. The molecule has 3 rings (SSSR count). The number of allylic oxidation sites excluding steroid dienone is 2. The van der Waals surface area contributed by atoms with Gasteiger partial charge in [0.15, 0.2) is 0 Å². The highest BCUT2D eigenvalue weighted by Gasteiger charge is 2.16. The summed E-state index contributed by atoms with van der Waals surface area (Å²) in [6.07, 6.45) is 3.93. The van der Waals surface area contributed by atoms with Gasteiger partial charge in [-0.3, -0.25) is 0 Å². The Hall–Kier alpha value is -2.62. The fourth-order valence-electron chi connectivity index (χ4n) is 2.75. The third kappa shape index (κ3) is 3.04. The molecule has 0 atom stereocenters. The summed E-state index contributed by atoms with van der Waals surface area (Å²) in [7, 11) is 0. The van der Waals surface area contributed by atoms with E-state index in [0.717, 1.165) is 17.4 Å². The van der Waals surface area contributed by atoms with Gasteiger partial charge in [-0.25, -0.2) is 9.37 Å². The quantitative estimate of drug-likeness (QED) is 0.588. The van der Waals surface area contributed by atoms with Crippen LogP contribution >= 0.6 is 0 Å². The van der Waals surface area contributed by atoms with Crippen LogP contribution in [0.5, 0.6) is 11.6 Å². The van der Waals surface area contributed by atoms with Gasteiger partial charge in [0.05, 0.1) is 0 Å². The molecule has 0 bridgehead atoms. The van der Waals surface area contributed by atoms with Crippen LogP contribution in [0, 0.1) is 19.7 Å². The van der Waals surface area contributed by atoms with Crippen molar-refractivity contribution in [1.29, 1.82) is 0 Å². The lowest BCUT2D eigenvalue weighted by atomic mass is 10.2. The highest BCUT2D eigenvalue weighted by Crippen LogP contribution is 2.33. The largest absolute Gasteiger partial charge is 0.437 e. The number of aryl methyl sites for hydroxylation is 1.